The van der Waals surface area contributed by atoms with Gasteiger partial charge in [0, 0.05) is 23.0 Å². The molecular formula is C19H18N2O2S2. The van der Waals surface area contributed by atoms with E-state index in [0.29, 0.717) is 6.61 Å². The van der Waals surface area contributed by atoms with Gasteiger partial charge in [-0.15, -0.1) is 11.3 Å². The molecule has 0 bridgehead atoms. The quantitative estimate of drug-likeness (QED) is 0.685. The number of carbonyl (C=O) groups excluding carboxylic acids is 1. The number of benzene rings is 1. The van der Waals surface area contributed by atoms with Crippen LogP contribution in [-0.4, -0.2) is 16.2 Å². The van der Waals surface area contributed by atoms with Crippen molar-refractivity contribution < 1.29 is 9.63 Å². The van der Waals surface area contributed by atoms with Crippen molar-refractivity contribution in [2.24, 2.45) is 0 Å². The first-order chi connectivity index (χ1) is 12.3. The van der Waals surface area contributed by atoms with E-state index in [-0.39, 0.29) is 5.91 Å². The molecule has 0 saturated carbocycles. The third-order valence-electron chi connectivity index (χ3n) is 4.11. The Morgan fingerprint density at radius 2 is 1.96 bits per heavy atom. The predicted octanol–water partition coefficient (Wildman–Crippen LogP) is 4.19. The van der Waals surface area contributed by atoms with Gasteiger partial charge in [-0.25, -0.2) is 5.48 Å². The van der Waals surface area contributed by atoms with Gasteiger partial charge >= 0.3 is 0 Å². The van der Waals surface area contributed by atoms with Crippen molar-refractivity contribution >= 4 is 29.0 Å². The lowest BCUT2D eigenvalue weighted by atomic mass is 10.1. The van der Waals surface area contributed by atoms with Crippen LogP contribution in [0.1, 0.15) is 26.4 Å². The highest BCUT2D eigenvalue weighted by atomic mass is 32.2. The van der Waals surface area contributed by atoms with E-state index in [1.165, 1.54) is 10.4 Å². The molecule has 1 aliphatic rings. The molecule has 0 saturated heterocycles. The van der Waals surface area contributed by atoms with Crippen molar-refractivity contribution in [3.05, 3.63) is 76.4 Å². The molecule has 1 aliphatic heterocycles. The van der Waals surface area contributed by atoms with Crippen molar-refractivity contribution in [1.29, 1.82) is 0 Å². The molecule has 0 radical (unpaired) electrons. The van der Waals surface area contributed by atoms with Crippen LogP contribution in [0, 0.1) is 0 Å². The fraction of sp³-hybridized carbons (Fsp3) is 0.211. The normalized spacial score (nSPS) is 13.4. The van der Waals surface area contributed by atoms with E-state index >= 15 is 0 Å². The maximum absolute atomic E-state index is 12.8. The Hall–Kier alpha value is -2.02. The first-order valence-electron chi connectivity index (χ1n) is 8.14. The van der Waals surface area contributed by atoms with Crippen LogP contribution in [0.3, 0.4) is 0 Å². The molecule has 0 aliphatic carbocycles. The maximum atomic E-state index is 12.8. The van der Waals surface area contributed by atoms with E-state index in [1.807, 2.05) is 71.2 Å². The molecule has 1 aromatic carbocycles. The van der Waals surface area contributed by atoms with Crippen molar-refractivity contribution in [1.82, 2.24) is 10.0 Å². The molecule has 1 N–H and O–H groups in total. The molecule has 0 spiro atoms. The summed E-state index contributed by atoms with van der Waals surface area (Å²) in [5, 5.41) is 0.971. The topological polar surface area (TPSA) is 43.3 Å². The summed E-state index contributed by atoms with van der Waals surface area (Å²) in [6, 6.07) is 13.8. The van der Waals surface area contributed by atoms with E-state index in [4.69, 9.17) is 4.84 Å². The second kappa shape index (κ2) is 7.47. The summed E-state index contributed by atoms with van der Waals surface area (Å²) in [4.78, 5) is 19.6. The molecule has 2 aromatic heterocycles. The molecule has 0 unspecified atom stereocenters. The highest BCUT2D eigenvalue weighted by molar-refractivity contribution is 7.98. The number of nitrogens with one attached hydrogen (secondary N) is 1. The lowest BCUT2D eigenvalue weighted by Crippen LogP contribution is -2.25. The molecule has 128 valence electrons. The van der Waals surface area contributed by atoms with E-state index in [0.717, 1.165) is 34.1 Å². The average molecular weight is 370 g/mol. The number of fused-ring (bicyclic) bond motifs is 1. The Morgan fingerprint density at radius 1 is 1.16 bits per heavy atom. The minimum atomic E-state index is -0.163. The zero-order chi connectivity index (χ0) is 17.1. The fourth-order valence-electron chi connectivity index (χ4n) is 2.91. The Bertz CT molecular complexity index is 857. The maximum Gasteiger partial charge on any atom is 0.278 e. The van der Waals surface area contributed by atoms with Crippen LogP contribution < -0.4 is 5.48 Å². The van der Waals surface area contributed by atoms with Gasteiger partial charge in [-0.3, -0.25) is 9.63 Å². The van der Waals surface area contributed by atoms with Crippen LogP contribution in [0.4, 0.5) is 0 Å². The van der Waals surface area contributed by atoms with Crippen molar-refractivity contribution in [3.8, 4) is 5.00 Å². The van der Waals surface area contributed by atoms with Crippen molar-refractivity contribution in [3.63, 3.8) is 0 Å². The monoisotopic (exact) mass is 370 g/mol. The van der Waals surface area contributed by atoms with Gasteiger partial charge in [-0.1, -0.05) is 30.3 Å². The van der Waals surface area contributed by atoms with Gasteiger partial charge in [0.25, 0.3) is 5.91 Å². The summed E-state index contributed by atoms with van der Waals surface area (Å²) in [5.74, 6) is 1.87. The van der Waals surface area contributed by atoms with Crippen molar-refractivity contribution in [2.75, 3.05) is 5.75 Å². The molecule has 6 heteroatoms. The van der Waals surface area contributed by atoms with Crippen LogP contribution in [0.2, 0.25) is 0 Å². The van der Waals surface area contributed by atoms with Crippen LogP contribution in [0.5, 0.6) is 0 Å². The zero-order valence-electron chi connectivity index (χ0n) is 13.6. The summed E-state index contributed by atoms with van der Waals surface area (Å²) >= 11 is 3.63. The van der Waals surface area contributed by atoms with Gasteiger partial charge in [0.05, 0.1) is 12.2 Å². The highest BCUT2D eigenvalue weighted by Gasteiger charge is 2.26. The van der Waals surface area contributed by atoms with E-state index < -0.39 is 0 Å². The van der Waals surface area contributed by atoms with Crippen LogP contribution >= 0.6 is 23.1 Å². The molecule has 0 atom stereocenters. The minimum absolute atomic E-state index is 0.163. The molecule has 3 aromatic rings. The first-order valence-corrected chi connectivity index (χ1v) is 10.1. The first kappa shape index (κ1) is 16.4. The molecule has 0 fully saturated rings. The molecule has 4 nitrogen and oxygen atoms in total. The number of rotatable bonds is 5. The minimum Gasteiger partial charge on any atom is -0.315 e. The van der Waals surface area contributed by atoms with E-state index in [9.17, 15) is 4.79 Å². The molecular weight excluding hydrogens is 352 g/mol. The standard InChI is InChI=1S/C19H18N2O2S2/c22-18(20-23-12-14-6-2-1-3-7-14)17-15-8-11-24-13-16(15)25-19(17)21-9-4-5-10-21/h1-7,9-10H,8,11-13H2,(H,20,22). The summed E-state index contributed by atoms with van der Waals surface area (Å²) in [6.07, 6.45) is 4.89. The Kier molecular flexibility index (Phi) is 4.92. The number of thiophene rings is 1. The summed E-state index contributed by atoms with van der Waals surface area (Å²) in [5.41, 5.74) is 5.59. The van der Waals surface area contributed by atoms with Gasteiger partial charge in [0.15, 0.2) is 0 Å². The summed E-state index contributed by atoms with van der Waals surface area (Å²) in [7, 11) is 0. The van der Waals surface area contributed by atoms with Crippen LogP contribution in [0.15, 0.2) is 54.9 Å². The SMILES string of the molecule is O=C(NOCc1ccccc1)c1c(-n2cccc2)sc2c1CCSC2. The Morgan fingerprint density at radius 3 is 2.76 bits per heavy atom. The number of aromatic nitrogens is 1. The van der Waals surface area contributed by atoms with Crippen molar-refractivity contribution in [2.45, 2.75) is 18.8 Å². The van der Waals surface area contributed by atoms with Gasteiger partial charge in [0.1, 0.15) is 5.00 Å². The molecule has 25 heavy (non-hydrogen) atoms. The Balaban J connectivity index is 1.56. The van der Waals surface area contributed by atoms with Crippen LogP contribution in [-0.2, 0) is 23.6 Å². The summed E-state index contributed by atoms with van der Waals surface area (Å²) in [6.45, 7) is 0.355. The van der Waals surface area contributed by atoms with Gasteiger partial charge in [-0.05, 0) is 35.4 Å². The molecule has 1 amide bonds. The predicted molar refractivity (Wildman–Crippen MR) is 102 cm³/mol. The third-order valence-corrected chi connectivity index (χ3v) is 6.53. The van der Waals surface area contributed by atoms with Gasteiger partial charge < -0.3 is 4.57 Å². The smallest absolute Gasteiger partial charge is 0.278 e. The van der Waals surface area contributed by atoms with E-state index in [2.05, 4.69) is 5.48 Å². The lowest BCUT2D eigenvalue weighted by molar-refractivity contribution is 0.0233. The largest absolute Gasteiger partial charge is 0.315 e. The van der Waals surface area contributed by atoms with Crippen LogP contribution in [0.25, 0.3) is 5.00 Å². The molecule has 3 heterocycles. The third kappa shape index (κ3) is 3.51. The number of hydrogen-bond acceptors (Lipinski definition) is 4. The number of thioether (sulfide) groups is 1. The number of amides is 1. The fourth-order valence-corrected chi connectivity index (χ4v) is 5.36. The second-order valence-electron chi connectivity index (χ2n) is 5.78. The zero-order valence-corrected chi connectivity index (χ0v) is 15.2. The highest BCUT2D eigenvalue weighted by Crippen LogP contribution is 2.38. The number of nitrogens with zero attached hydrogens (tertiary/aromatic N) is 1. The van der Waals surface area contributed by atoms with Gasteiger partial charge in [-0.2, -0.15) is 11.8 Å². The van der Waals surface area contributed by atoms with E-state index in [1.54, 1.807) is 11.3 Å². The molecule has 4 rings (SSSR count). The number of hydrogen-bond donors (Lipinski definition) is 1. The average Bonchev–Trinajstić information content (AvgIpc) is 3.30. The Labute approximate surface area is 154 Å². The van der Waals surface area contributed by atoms with Gasteiger partial charge in [0.2, 0.25) is 0 Å². The summed E-state index contributed by atoms with van der Waals surface area (Å²) < 4.78 is 2.01. The lowest BCUT2D eigenvalue weighted by Gasteiger charge is -2.13. The number of hydroxylamine groups is 1. The number of carbonyl (C=O) groups is 1. The second-order valence-corrected chi connectivity index (χ2v) is 7.97.